The van der Waals surface area contributed by atoms with Crippen molar-refractivity contribution in [2.45, 2.75) is 24.8 Å². The summed E-state index contributed by atoms with van der Waals surface area (Å²) in [5.74, 6) is 1.10. The molecule has 0 amide bonds. The van der Waals surface area contributed by atoms with Gasteiger partial charge in [0.25, 0.3) is 0 Å². The number of pyridine rings is 1. The fourth-order valence-electron chi connectivity index (χ4n) is 2.14. The highest BCUT2D eigenvalue weighted by atomic mass is 79.9. The standard InChI is InChI=1S/C12H17BrN2O/c1-9-5-10(6-13)7-14-12(9)15-4-3-11(8-15)16-2/h5,7,11H,3-4,6,8H2,1-2H3. The molecule has 0 saturated carbocycles. The van der Waals surface area contributed by atoms with Crippen molar-refractivity contribution in [3.05, 3.63) is 23.4 Å². The van der Waals surface area contributed by atoms with Crippen LogP contribution < -0.4 is 4.90 Å². The van der Waals surface area contributed by atoms with Crippen molar-refractivity contribution in [2.75, 3.05) is 25.1 Å². The SMILES string of the molecule is COC1CCN(c2ncc(CBr)cc2C)C1. The van der Waals surface area contributed by atoms with E-state index in [4.69, 9.17) is 4.74 Å². The first-order valence-electron chi connectivity index (χ1n) is 5.54. The molecule has 2 heterocycles. The van der Waals surface area contributed by atoms with Gasteiger partial charge in [0, 0.05) is 31.7 Å². The predicted molar refractivity (Wildman–Crippen MR) is 69.2 cm³/mol. The van der Waals surface area contributed by atoms with E-state index < -0.39 is 0 Å². The van der Waals surface area contributed by atoms with Gasteiger partial charge in [-0.3, -0.25) is 0 Å². The number of ether oxygens (including phenoxy) is 1. The average Bonchev–Trinajstić information content (AvgIpc) is 2.77. The predicted octanol–water partition coefficient (Wildman–Crippen LogP) is 2.51. The zero-order valence-electron chi connectivity index (χ0n) is 9.74. The van der Waals surface area contributed by atoms with Gasteiger partial charge in [0.15, 0.2) is 0 Å². The Bertz CT molecular complexity index is 370. The highest BCUT2D eigenvalue weighted by Gasteiger charge is 2.23. The number of hydrogen-bond acceptors (Lipinski definition) is 3. The first kappa shape index (κ1) is 11.9. The van der Waals surface area contributed by atoms with Gasteiger partial charge in [-0.05, 0) is 24.5 Å². The fourth-order valence-corrected chi connectivity index (χ4v) is 2.45. The summed E-state index contributed by atoms with van der Waals surface area (Å²) in [4.78, 5) is 6.85. The van der Waals surface area contributed by atoms with Crippen molar-refractivity contribution in [1.29, 1.82) is 0 Å². The summed E-state index contributed by atoms with van der Waals surface area (Å²) in [6.07, 6.45) is 3.40. The summed E-state index contributed by atoms with van der Waals surface area (Å²) < 4.78 is 5.37. The van der Waals surface area contributed by atoms with Crippen molar-refractivity contribution in [3.63, 3.8) is 0 Å². The van der Waals surface area contributed by atoms with Crippen LogP contribution in [0.2, 0.25) is 0 Å². The summed E-state index contributed by atoms with van der Waals surface area (Å²) in [5, 5.41) is 0.863. The first-order chi connectivity index (χ1) is 7.74. The summed E-state index contributed by atoms with van der Waals surface area (Å²) in [5.41, 5.74) is 2.47. The second-order valence-electron chi connectivity index (χ2n) is 4.21. The van der Waals surface area contributed by atoms with Crippen molar-refractivity contribution >= 4 is 21.7 Å². The van der Waals surface area contributed by atoms with Gasteiger partial charge >= 0.3 is 0 Å². The summed E-state index contributed by atoms with van der Waals surface area (Å²) in [6.45, 7) is 4.12. The molecule has 2 rings (SSSR count). The molecule has 0 aromatic carbocycles. The normalized spacial score (nSPS) is 20.4. The largest absolute Gasteiger partial charge is 0.380 e. The highest BCUT2D eigenvalue weighted by molar-refractivity contribution is 9.08. The van der Waals surface area contributed by atoms with Crippen LogP contribution in [0.3, 0.4) is 0 Å². The molecular formula is C12H17BrN2O. The van der Waals surface area contributed by atoms with Crippen LogP contribution in [0.5, 0.6) is 0 Å². The quantitative estimate of drug-likeness (QED) is 0.798. The summed E-state index contributed by atoms with van der Waals surface area (Å²) in [6, 6.07) is 2.19. The number of alkyl halides is 1. The van der Waals surface area contributed by atoms with Crippen LogP contribution in [0, 0.1) is 6.92 Å². The minimum atomic E-state index is 0.358. The first-order valence-corrected chi connectivity index (χ1v) is 6.66. The lowest BCUT2D eigenvalue weighted by molar-refractivity contribution is 0.121. The number of nitrogens with zero attached hydrogens (tertiary/aromatic N) is 2. The third-order valence-electron chi connectivity index (χ3n) is 3.04. The molecule has 1 fully saturated rings. The highest BCUT2D eigenvalue weighted by Crippen LogP contribution is 2.23. The van der Waals surface area contributed by atoms with Crippen LogP contribution in [0.25, 0.3) is 0 Å². The molecule has 1 aliphatic rings. The molecule has 3 nitrogen and oxygen atoms in total. The lowest BCUT2D eigenvalue weighted by atomic mass is 10.2. The molecule has 1 unspecified atom stereocenters. The molecule has 0 aliphatic carbocycles. The zero-order valence-corrected chi connectivity index (χ0v) is 11.3. The molecule has 0 radical (unpaired) electrons. The lowest BCUT2D eigenvalue weighted by Crippen LogP contribution is -2.23. The molecule has 0 N–H and O–H groups in total. The molecule has 1 aromatic heterocycles. The number of anilines is 1. The van der Waals surface area contributed by atoms with Gasteiger partial charge in [-0.1, -0.05) is 22.0 Å². The maximum atomic E-state index is 5.37. The number of hydrogen-bond donors (Lipinski definition) is 0. The van der Waals surface area contributed by atoms with Crippen molar-refractivity contribution in [1.82, 2.24) is 4.98 Å². The second-order valence-corrected chi connectivity index (χ2v) is 4.77. The number of aromatic nitrogens is 1. The molecular weight excluding hydrogens is 268 g/mol. The molecule has 4 heteroatoms. The van der Waals surface area contributed by atoms with E-state index in [1.165, 1.54) is 11.1 Å². The van der Waals surface area contributed by atoms with Crippen LogP contribution in [-0.2, 0) is 10.1 Å². The minimum absolute atomic E-state index is 0.358. The Morgan fingerprint density at radius 2 is 2.44 bits per heavy atom. The van der Waals surface area contributed by atoms with Crippen molar-refractivity contribution < 1.29 is 4.74 Å². The molecule has 16 heavy (non-hydrogen) atoms. The average molecular weight is 285 g/mol. The van der Waals surface area contributed by atoms with E-state index in [0.29, 0.717) is 6.10 Å². The third-order valence-corrected chi connectivity index (χ3v) is 3.69. The van der Waals surface area contributed by atoms with Gasteiger partial charge < -0.3 is 9.64 Å². The van der Waals surface area contributed by atoms with Gasteiger partial charge in [-0.25, -0.2) is 4.98 Å². The number of methoxy groups -OCH3 is 1. The van der Waals surface area contributed by atoms with Crippen LogP contribution in [0.1, 0.15) is 17.5 Å². The Kier molecular flexibility index (Phi) is 3.82. The van der Waals surface area contributed by atoms with E-state index in [1.54, 1.807) is 7.11 Å². The Morgan fingerprint density at radius 1 is 1.62 bits per heavy atom. The van der Waals surface area contributed by atoms with Gasteiger partial charge in [0.1, 0.15) is 5.82 Å². The maximum Gasteiger partial charge on any atom is 0.131 e. The van der Waals surface area contributed by atoms with E-state index in [2.05, 4.69) is 38.8 Å². The Balaban J connectivity index is 2.15. The second kappa shape index (κ2) is 5.15. The molecule has 0 spiro atoms. The molecule has 1 saturated heterocycles. The van der Waals surface area contributed by atoms with Crippen LogP contribution in [0.15, 0.2) is 12.3 Å². The van der Waals surface area contributed by atoms with E-state index >= 15 is 0 Å². The fraction of sp³-hybridized carbons (Fsp3) is 0.583. The summed E-state index contributed by atoms with van der Waals surface area (Å²) >= 11 is 3.45. The smallest absolute Gasteiger partial charge is 0.131 e. The number of aryl methyl sites for hydroxylation is 1. The molecule has 1 atom stereocenters. The molecule has 88 valence electrons. The van der Waals surface area contributed by atoms with Gasteiger partial charge in [0.05, 0.1) is 6.10 Å². The van der Waals surface area contributed by atoms with E-state index in [1.807, 2.05) is 6.20 Å². The van der Waals surface area contributed by atoms with Crippen LogP contribution >= 0.6 is 15.9 Å². The number of halogens is 1. The lowest BCUT2D eigenvalue weighted by Gasteiger charge is -2.19. The zero-order chi connectivity index (χ0) is 11.5. The monoisotopic (exact) mass is 284 g/mol. The van der Waals surface area contributed by atoms with Gasteiger partial charge in [-0.15, -0.1) is 0 Å². The van der Waals surface area contributed by atoms with Crippen LogP contribution in [-0.4, -0.2) is 31.3 Å². The van der Waals surface area contributed by atoms with Gasteiger partial charge in [-0.2, -0.15) is 0 Å². The third kappa shape index (κ3) is 2.38. The number of rotatable bonds is 3. The molecule has 0 bridgehead atoms. The minimum Gasteiger partial charge on any atom is -0.380 e. The van der Waals surface area contributed by atoms with Crippen molar-refractivity contribution in [3.8, 4) is 0 Å². The topological polar surface area (TPSA) is 25.4 Å². The maximum absolute atomic E-state index is 5.37. The van der Waals surface area contributed by atoms with E-state index in [-0.39, 0.29) is 0 Å². The Labute approximate surface area is 105 Å². The Morgan fingerprint density at radius 3 is 3.00 bits per heavy atom. The van der Waals surface area contributed by atoms with Crippen LogP contribution in [0.4, 0.5) is 5.82 Å². The van der Waals surface area contributed by atoms with Gasteiger partial charge in [0.2, 0.25) is 0 Å². The summed E-state index contributed by atoms with van der Waals surface area (Å²) in [7, 11) is 1.78. The van der Waals surface area contributed by atoms with E-state index in [0.717, 1.165) is 30.7 Å². The molecule has 1 aromatic rings. The van der Waals surface area contributed by atoms with Crippen molar-refractivity contribution in [2.24, 2.45) is 0 Å². The Hall–Kier alpha value is -0.610. The molecule has 1 aliphatic heterocycles. The van der Waals surface area contributed by atoms with E-state index in [9.17, 15) is 0 Å².